The van der Waals surface area contributed by atoms with Crippen LogP contribution in [0.15, 0.2) is 18.2 Å². The van der Waals surface area contributed by atoms with Crippen molar-refractivity contribution in [3.05, 3.63) is 29.3 Å². The largest absolute Gasteiger partial charge is 0.494 e. The van der Waals surface area contributed by atoms with E-state index in [1.54, 1.807) is 0 Å². The van der Waals surface area contributed by atoms with Crippen LogP contribution in [0.3, 0.4) is 0 Å². The van der Waals surface area contributed by atoms with Gasteiger partial charge in [0.05, 0.1) is 6.61 Å². The molecule has 90 valence electrons. The number of ether oxygens (including phenoxy) is 1. The fourth-order valence-corrected chi connectivity index (χ4v) is 1.97. The van der Waals surface area contributed by atoms with Gasteiger partial charge in [-0.05, 0) is 55.9 Å². The molecule has 0 fully saturated rings. The highest BCUT2D eigenvalue weighted by molar-refractivity contribution is 5.37. The summed E-state index contributed by atoms with van der Waals surface area (Å²) in [6.07, 6.45) is 6.42. The summed E-state index contributed by atoms with van der Waals surface area (Å²) in [5, 5.41) is 0. The number of benzene rings is 1. The maximum atomic E-state index is 5.47. The first kappa shape index (κ1) is 13.1. The fourth-order valence-electron chi connectivity index (χ4n) is 1.97. The zero-order valence-electron chi connectivity index (χ0n) is 10.9. The van der Waals surface area contributed by atoms with E-state index in [0.717, 1.165) is 12.4 Å². The summed E-state index contributed by atoms with van der Waals surface area (Å²) < 4.78 is 5.47. The van der Waals surface area contributed by atoms with Gasteiger partial charge in [0.1, 0.15) is 5.75 Å². The smallest absolute Gasteiger partial charge is 0.119 e. The summed E-state index contributed by atoms with van der Waals surface area (Å²) in [6, 6.07) is 6.52. The van der Waals surface area contributed by atoms with Gasteiger partial charge < -0.3 is 4.74 Å². The number of hydrogen-bond acceptors (Lipinski definition) is 1. The van der Waals surface area contributed by atoms with Crippen LogP contribution in [0.4, 0.5) is 0 Å². The molecule has 1 nitrogen and oxygen atoms in total. The standard InChI is InChI=1S/C12H16O.C3H8/c1-2-13-12-8-7-10-5-3-4-6-11(10)9-12;1-3-2/h7-9H,2-6H2,1H3;3H2,1-2H3. The van der Waals surface area contributed by atoms with Crippen LogP contribution in [0.5, 0.6) is 5.75 Å². The van der Waals surface area contributed by atoms with Crippen molar-refractivity contribution in [1.29, 1.82) is 0 Å². The van der Waals surface area contributed by atoms with Crippen LogP contribution in [0.1, 0.15) is 51.2 Å². The van der Waals surface area contributed by atoms with Crippen molar-refractivity contribution in [1.82, 2.24) is 0 Å². The van der Waals surface area contributed by atoms with Crippen molar-refractivity contribution in [3.8, 4) is 5.75 Å². The quantitative estimate of drug-likeness (QED) is 0.718. The van der Waals surface area contributed by atoms with Crippen LogP contribution in [0, 0.1) is 0 Å². The van der Waals surface area contributed by atoms with E-state index >= 15 is 0 Å². The summed E-state index contributed by atoms with van der Waals surface area (Å²) in [5.41, 5.74) is 3.02. The molecule has 0 heterocycles. The minimum atomic E-state index is 0.763. The maximum Gasteiger partial charge on any atom is 0.119 e. The molecule has 0 aromatic heterocycles. The van der Waals surface area contributed by atoms with Crippen LogP contribution in [-0.2, 0) is 12.8 Å². The lowest BCUT2D eigenvalue weighted by molar-refractivity contribution is 0.339. The third kappa shape index (κ3) is 3.88. The third-order valence-corrected chi connectivity index (χ3v) is 2.63. The van der Waals surface area contributed by atoms with Crippen molar-refractivity contribution >= 4 is 0 Å². The van der Waals surface area contributed by atoms with E-state index < -0.39 is 0 Å². The Balaban J connectivity index is 0.000000386. The first-order chi connectivity index (χ1) is 7.81. The van der Waals surface area contributed by atoms with Crippen LogP contribution in [0.2, 0.25) is 0 Å². The molecule has 2 rings (SSSR count). The molecule has 0 saturated carbocycles. The second-order valence-corrected chi connectivity index (χ2v) is 4.28. The van der Waals surface area contributed by atoms with Crippen molar-refractivity contribution in [2.45, 2.75) is 52.9 Å². The fraction of sp³-hybridized carbons (Fsp3) is 0.600. The normalized spacial score (nSPS) is 13.4. The van der Waals surface area contributed by atoms with E-state index in [1.165, 1.54) is 43.2 Å². The number of fused-ring (bicyclic) bond motifs is 1. The lowest BCUT2D eigenvalue weighted by Crippen LogP contribution is -2.03. The second kappa shape index (κ2) is 7.32. The van der Waals surface area contributed by atoms with E-state index in [1.807, 2.05) is 6.92 Å². The predicted molar refractivity (Wildman–Crippen MR) is 70.2 cm³/mol. The number of hydrogen-bond donors (Lipinski definition) is 0. The van der Waals surface area contributed by atoms with Gasteiger partial charge in [0.2, 0.25) is 0 Å². The van der Waals surface area contributed by atoms with Gasteiger partial charge in [-0.15, -0.1) is 0 Å². The van der Waals surface area contributed by atoms with Gasteiger partial charge in [0.15, 0.2) is 0 Å². The monoisotopic (exact) mass is 220 g/mol. The van der Waals surface area contributed by atoms with Gasteiger partial charge in [0, 0.05) is 0 Å². The zero-order valence-corrected chi connectivity index (χ0v) is 10.9. The first-order valence-corrected chi connectivity index (χ1v) is 6.56. The predicted octanol–water partition coefficient (Wildman–Crippen LogP) is 4.38. The summed E-state index contributed by atoms with van der Waals surface area (Å²) in [4.78, 5) is 0. The van der Waals surface area contributed by atoms with Crippen LogP contribution >= 0.6 is 0 Å². The molecule has 0 N–H and O–H groups in total. The summed E-state index contributed by atoms with van der Waals surface area (Å²) in [6.45, 7) is 7.04. The molecule has 0 spiro atoms. The Morgan fingerprint density at radius 2 is 1.62 bits per heavy atom. The summed E-state index contributed by atoms with van der Waals surface area (Å²) >= 11 is 0. The molecule has 0 bridgehead atoms. The molecule has 1 aromatic rings. The number of aryl methyl sites for hydroxylation is 2. The van der Waals surface area contributed by atoms with Gasteiger partial charge in [-0.25, -0.2) is 0 Å². The highest BCUT2D eigenvalue weighted by Gasteiger charge is 2.09. The van der Waals surface area contributed by atoms with Crippen molar-refractivity contribution in [2.75, 3.05) is 6.61 Å². The van der Waals surface area contributed by atoms with Gasteiger partial charge in [-0.2, -0.15) is 0 Å². The summed E-state index contributed by atoms with van der Waals surface area (Å²) in [5.74, 6) is 1.03. The molecule has 0 radical (unpaired) electrons. The average Bonchev–Trinajstić information content (AvgIpc) is 2.30. The molecule has 1 heteroatoms. The van der Waals surface area contributed by atoms with E-state index in [9.17, 15) is 0 Å². The molecule has 0 unspecified atom stereocenters. The zero-order chi connectivity index (χ0) is 11.8. The lowest BCUT2D eigenvalue weighted by Gasteiger charge is -2.16. The lowest BCUT2D eigenvalue weighted by atomic mass is 9.92. The van der Waals surface area contributed by atoms with E-state index in [0.29, 0.717) is 0 Å². The minimum absolute atomic E-state index is 0.763. The Bertz CT molecular complexity index is 304. The van der Waals surface area contributed by atoms with Crippen LogP contribution in [-0.4, -0.2) is 6.61 Å². The topological polar surface area (TPSA) is 9.23 Å². The molecule has 1 aliphatic rings. The Morgan fingerprint density at radius 3 is 2.25 bits per heavy atom. The number of rotatable bonds is 2. The van der Waals surface area contributed by atoms with E-state index in [-0.39, 0.29) is 0 Å². The Kier molecular flexibility index (Phi) is 5.99. The highest BCUT2D eigenvalue weighted by Crippen LogP contribution is 2.25. The molecule has 0 atom stereocenters. The van der Waals surface area contributed by atoms with E-state index in [2.05, 4.69) is 32.0 Å². The molecule has 0 saturated heterocycles. The van der Waals surface area contributed by atoms with Crippen LogP contribution < -0.4 is 4.74 Å². The Hall–Kier alpha value is -0.980. The molecular formula is C15H24O. The SMILES string of the molecule is CCC.CCOc1ccc2c(c1)CCCC2. The Labute approximate surface area is 99.8 Å². The molecule has 0 aliphatic heterocycles. The van der Waals surface area contributed by atoms with Gasteiger partial charge in [0.25, 0.3) is 0 Å². The molecule has 1 aliphatic carbocycles. The third-order valence-electron chi connectivity index (χ3n) is 2.63. The van der Waals surface area contributed by atoms with Crippen molar-refractivity contribution in [2.24, 2.45) is 0 Å². The Morgan fingerprint density at radius 1 is 1.00 bits per heavy atom. The van der Waals surface area contributed by atoms with Gasteiger partial charge >= 0.3 is 0 Å². The maximum absolute atomic E-state index is 5.47. The van der Waals surface area contributed by atoms with Crippen molar-refractivity contribution < 1.29 is 4.74 Å². The highest BCUT2D eigenvalue weighted by atomic mass is 16.5. The van der Waals surface area contributed by atoms with Gasteiger partial charge in [-0.3, -0.25) is 0 Å². The summed E-state index contributed by atoms with van der Waals surface area (Å²) in [7, 11) is 0. The average molecular weight is 220 g/mol. The molecule has 0 amide bonds. The van der Waals surface area contributed by atoms with Crippen LogP contribution in [0.25, 0.3) is 0 Å². The van der Waals surface area contributed by atoms with Gasteiger partial charge in [-0.1, -0.05) is 26.3 Å². The molecular weight excluding hydrogens is 196 g/mol. The molecule has 1 aromatic carbocycles. The van der Waals surface area contributed by atoms with E-state index in [4.69, 9.17) is 4.74 Å². The minimum Gasteiger partial charge on any atom is -0.494 e. The molecule has 16 heavy (non-hydrogen) atoms. The second-order valence-electron chi connectivity index (χ2n) is 4.28. The first-order valence-electron chi connectivity index (χ1n) is 6.56. The van der Waals surface area contributed by atoms with Crippen molar-refractivity contribution in [3.63, 3.8) is 0 Å².